The minimum Gasteiger partial charge on any atom is -0.380 e. The molecule has 0 aromatic heterocycles. The van der Waals surface area contributed by atoms with Gasteiger partial charge in [-0.15, -0.1) is 0 Å². The van der Waals surface area contributed by atoms with Crippen LogP contribution in [0.2, 0.25) is 0 Å². The molecule has 1 heterocycles. The molecule has 1 aromatic rings. The van der Waals surface area contributed by atoms with E-state index in [1.165, 1.54) is 0 Å². The van der Waals surface area contributed by atoms with Gasteiger partial charge in [0.05, 0.1) is 11.8 Å². The van der Waals surface area contributed by atoms with Crippen LogP contribution in [0.5, 0.6) is 0 Å². The average Bonchev–Trinajstić information content (AvgIpc) is 2.34. The Hall–Kier alpha value is -1.09. The summed E-state index contributed by atoms with van der Waals surface area (Å²) in [5, 5.41) is 3.31. The smallest absolute Gasteiger partial charge is 0.146 e. The molecule has 3 heteroatoms. The summed E-state index contributed by atoms with van der Waals surface area (Å²) in [6.45, 7) is 4.84. The van der Waals surface area contributed by atoms with Gasteiger partial charge in [0.15, 0.2) is 0 Å². The summed E-state index contributed by atoms with van der Waals surface area (Å²) in [6.07, 6.45) is 4.48. The van der Waals surface area contributed by atoms with Gasteiger partial charge in [-0.3, -0.25) is 0 Å². The summed E-state index contributed by atoms with van der Waals surface area (Å²) in [4.78, 5) is 0. The van der Waals surface area contributed by atoms with E-state index in [0.29, 0.717) is 17.8 Å². The number of hydrogen-bond donors (Lipinski definition) is 1. The highest BCUT2D eigenvalue weighted by Gasteiger charge is 2.22. The minimum absolute atomic E-state index is 0.159. The van der Waals surface area contributed by atoms with Gasteiger partial charge >= 0.3 is 0 Å². The van der Waals surface area contributed by atoms with Crippen LogP contribution in [-0.2, 0) is 4.74 Å². The number of benzene rings is 1. The van der Waals surface area contributed by atoms with Crippen LogP contribution in [0.25, 0.3) is 0 Å². The highest BCUT2D eigenvalue weighted by molar-refractivity contribution is 5.47. The summed E-state index contributed by atoms with van der Waals surface area (Å²) in [5.41, 5.74) is 1.57. The second-order valence-electron chi connectivity index (χ2n) is 5.13. The van der Waals surface area contributed by atoms with Crippen LogP contribution in [0, 0.1) is 12.7 Å². The minimum atomic E-state index is -0.159. The number of rotatable bonds is 4. The molecule has 1 aliphatic heterocycles. The van der Waals surface area contributed by atoms with Gasteiger partial charge in [-0.05, 0) is 43.9 Å². The predicted molar refractivity (Wildman–Crippen MR) is 72.4 cm³/mol. The van der Waals surface area contributed by atoms with E-state index in [1.54, 1.807) is 6.07 Å². The van der Waals surface area contributed by atoms with Crippen molar-refractivity contribution in [1.82, 2.24) is 0 Å². The maximum atomic E-state index is 13.8. The number of anilines is 1. The normalized spacial score (nSPS) is 23.9. The van der Waals surface area contributed by atoms with Crippen LogP contribution in [0.3, 0.4) is 0 Å². The molecule has 1 N–H and O–H groups in total. The van der Waals surface area contributed by atoms with Crippen LogP contribution in [-0.4, -0.2) is 18.8 Å². The Morgan fingerprint density at radius 3 is 3.00 bits per heavy atom. The Morgan fingerprint density at radius 1 is 1.44 bits per heavy atom. The standard InChI is InChI=1S/C15H22FNO/c1-3-4-13-10-12(7-8-18-13)17-15-6-5-11(2)9-14(15)16/h5-6,9,12-13,17H,3-4,7-8,10H2,1-2H3. The van der Waals surface area contributed by atoms with E-state index in [4.69, 9.17) is 4.74 Å². The van der Waals surface area contributed by atoms with Gasteiger partial charge in [0.25, 0.3) is 0 Å². The maximum absolute atomic E-state index is 13.8. The van der Waals surface area contributed by atoms with Gasteiger partial charge < -0.3 is 10.1 Å². The molecule has 0 amide bonds. The molecule has 100 valence electrons. The summed E-state index contributed by atoms with van der Waals surface area (Å²) < 4.78 is 19.5. The Balaban J connectivity index is 1.96. The average molecular weight is 251 g/mol. The zero-order valence-electron chi connectivity index (χ0n) is 11.2. The van der Waals surface area contributed by atoms with Gasteiger partial charge in [0.2, 0.25) is 0 Å². The molecule has 2 unspecified atom stereocenters. The summed E-state index contributed by atoms with van der Waals surface area (Å²) in [5.74, 6) is -0.159. The largest absolute Gasteiger partial charge is 0.380 e. The van der Waals surface area contributed by atoms with E-state index in [2.05, 4.69) is 12.2 Å². The topological polar surface area (TPSA) is 21.3 Å². The molecular weight excluding hydrogens is 229 g/mol. The first kappa shape index (κ1) is 13.3. The van der Waals surface area contributed by atoms with Crippen molar-refractivity contribution in [3.05, 3.63) is 29.6 Å². The number of nitrogens with one attached hydrogen (secondary N) is 1. The van der Waals surface area contributed by atoms with E-state index in [-0.39, 0.29) is 5.82 Å². The van der Waals surface area contributed by atoms with Crippen molar-refractivity contribution in [3.63, 3.8) is 0 Å². The summed E-state index contributed by atoms with van der Waals surface area (Å²) in [7, 11) is 0. The van der Waals surface area contributed by atoms with Gasteiger partial charge in [-0.2, -0.15) is 0 Å². The molecule has 0 aliphatic carbocycles. The third kappa shape index (κ3) is 3.45. The van der Waals surface area contributed by atoms with E-state index in [0.717, 1.165) is 37.9 Å². The zero-order valence-corrected chi connectivity index (χ0v) is 11.2. The van der Waals surface area contributed by atoms with Crippen molar-refractivity contribution in [2.75, 3.05) is 11.9 Å². The van der Waals surface area contributed by atoms with Crippen LogP contribution < -0.4 is 5.32 Å². The zero-order chi connectivity index (χ0) is 13.0. The maximum Gasteiger partial charge on any atom is 0.146 e. The molecule has 1 aliphatic rings. The lowest BCUT2D eigenvalue weighted by atomic mass is 9.99. The lowest BCUT2D eigenvalue weighted by molar-refractivity contribution is 0.00593. The fourth-order valence-corrected chi connectivity index (χ4v) is 2.49. The third-order valence-corrected chi connectivity index (χ3v) is 3.46. The van der Waals surface area contributed by atoms with Crippen LogP contribution in [0.1, 0.15) is 38.2 Å². The number of halogens is 1. The molecule has 1 fully saturated rings. The molecule has 0 spiro atoms. The Morgan fingerprint density at radius 2 is 2.28 bits per heavy atom. The molecular formula is C15H22FNO. The fraction of sp³-hybridized carbons (Fsp3) is 0.600. The van der Waals surface area contributed by atoms with E-state index in [1.807, 2.05) is 19.1 Å². The van der Waals surface area contributed by atoms with Crippen molar-refractivity contribution in [2.45, 2.75) is 51.7 Å². The van der Waals surface area contributed by atoms with Crippen molar-refractivity contribution >= 4 is 5.69 Å². The second-order valence-corrected chi connectivity index (χ2v) is 5.13. The van der Waals surface area contributed by atoms with E-state index in [9.17, 15) is 4.39 Å². The Labute approximate surface area is 109 Å². The first-order valence-corrected chi connectivity index (χ1v) is 6.83. The van der Waals surface area contributed by atoms with Gasteiger partial charge in [0, 0.05) is 12.6 Å². The highest BCUT2D eigenvalue weighted by Crippen LogP contribution is 2.23. The van der Waals surface area contributed by atoms with E-state index >= 15 is 0 Å². The second kappa shape index (κ2) is 6.19. The molecule has 1 aromatic carbocycles. The number of hydrogen-bond acceptors (Lipinski definition) is 2. The van der Waals surface area contributed by atoms with Gasteiger partial charge in [0.1, 0.15) is 5.82 Å². The van der Waals surface area contributed by atoms with Crippen molar-refractivity contribution in [3.8, 4) is 0 Å². The van der Waals surface area contributed by atoms with Crippen LogP contribution in [0.4, 0.5) is 10.1 Å². The van der Waals surface area contributed by atoms with Crippen molar-refractivity contribution in [1.29, 1.82) is 0 Å². The monoisotopic (exact) mass is 251 g/mol. The molecule has 18 heavy (non-hydrogen) atoms. The third-order valence-electron chi connectivity index (χ3n) is 3.46. The number of aryl methyl sites for hydroxylation is 1. The first-order valence-electron chi connectivity index (χ1n) is 6.83. The summed E-state index contributed by atoms with van der Waals surface area (Å²) in [6, 6.07) is 5.67. The van der Waals surface area contributed by atoms with Crippen molar-refractivity contribution in [2.24, 2.45) is 0 Å². The molecule has 2 rings (SSSR count). The Kier molecular flexibility index (Phi) is 4.59. The molecule has 0 bridgehead atoms. The quantitative estimate of drug-likeness (QED) is 0.876. The molecule has 2 nitrogen and oxygen atoms in total. The summed E-state index contributed by atoms with van der Waals surface area (Å²) >= 11 is 0. The number of ether oxygens (including phenoxy) is 1. The van der Waals surface area contributed by atoms with E-state index < -0.39 is 0 Å². The van der Waals surface area contributed by atoms with Crippen LogP contribution >= 0.6 is 0 Å². The molecule has 0 saturated carbocycles. The SMILES string of the molecule is CCCC1CC(Nc2ccc(C)cc2F)CCO1. The van der Waals surface area contributed by atoms with Crippen molar-refractivity contribution < 1.29 is 9.13 Å². The van der Waals surface area contributed by atoms with Gasteiger partial charge in [-0.1, -0.05) is 19.4 Å². The highest BCUT2D eigenvalue weighted by atomic mass is 19.1. The predicted octanol–water partition coefficient (Wildman–Crippen LogP) is 3.89. The van der Waals surface area contributed by atoms with Crippen LogP contribution in [0.15, 0.2) is 18.2 Å². The first-order chi connectivity index (χ1) is 8.69. The lowest BCUT2D eigenvalue weighted by Gasteiger charge is -2.30. The molecule has 2 atom stereocenters. The fourth-order valence-electron chi connectivity index (χ4n) is 2.49. The molecule has 0 radical (unpaired) electrons. The Bertz CT molecular complexity index is 392. The molecule has 1 saturated heterocycles. The lowest BCUT2D eigenvalue weighted by Crippen LogP contribution is -2.34. The van der Waals surface area contributed by atoms with Gasteiger partial charge in [-0.25, -0.2) is 4.39 Å².